The Morgan fingerprint density at radius 3 is 2.58 bits per heavy atom. The number of hydrogen-bond donors (Lipinski definition) is 2. The summed E-state index contributed by atoms with van der Waals surface area (Å²) in [5, 5.41) is 2.86. The molecule has 19 heavy (non-hydrogen) atoms. The highest BCUT2D eigenvalue weighted by Crippen LogP contribution is 2.37. The minimum Gasteiger partial charge on any atom is -0.486 e. The summed E-state index contributed by atoms with van der Waals surface area (Å²) >= 11 is 0. The van der Waals surface area contributed by atoms with Crippen molar-refractivity contribution >= 4 is 17.3 Å². The van der Waals surface area contributed by atoms with Crippen molar-refractivity contribution in [3.63, 3.8) is 0 Å². The predicted octanol–water partition coefficient (Wildman–Crippen LogP) is 2.17. The van der Waals surface area contributed by atoms with Crippen LogP contribution >= 0.6 is 0 Å². The second-order valence-corrected chi connectivity index (χ2v) is 5.13. The Labute approximate surface area is 112 Å². The van der Waals surface area contributed by atoms with Gasteiger partial charge in [-0.05, 0) is 18.8 Å². The number of carbonyl (C=O) groups is 1. The van der Waals surface area contributed by atoms with Crippen molar-refractivity contribution in [2.45, 2.75) is 25.7 Å². The molecule has 0 bridgehead atoms. The third-order valence-corrected chi connectivity index (χ3v) is 3.69. The van der Waals surface area contributed by atoms with Crippen LogP contribution in [0.2, 0.25) is 0 Å². The van der Waals surface area contributed by atoms with Crippen LogP contribution in [-0.4, -0.2) is 19.1 Å². The fourth-order valence-electron chi connectivity index (χ4n) is 2.37. The molecule has 2 aliphatic rings. The van der Waals surface area contributed by atoms with Gasteiger partial charge in [0.2, 0.25) is 5.91 Å². The lowest BCUT2D eigenvalue weighted by atomic mass is 9.83. The molecule has 0 radical (unpaired) electrons. The smallest absolute Gasteiger partial charge is 0.224 e. The molecule has 5 nitrogen and oxygen atoms in total. The molecule has 1 heterocycles. The molecule has 1 amide bonds. The Bertz CT molecular complexity index is 498. The minimum atomic E-state index is 0.0214. The second kappa shape index (κ2) is 4.99. The van der Waals surface area contributed by atoms with E-state index in [1.165, 1.54) is 6.42 Å². The van der Waals surface area contributed by atoms with Gasteiger partial charge in [-0.1, -0.05) is 6.42 Å². The summed E-state index contributed by atoms with van der Waals surface area (Å²) < 4.78 is 10.9. The van der Waals surface area contributed by atoms with Crippen LogP contribution in [0.25, 0.3) is 0 Å². The van der Waals surface area contributed by atoms with E-state index in [1.807, 2.05) is 0 Å². The van der Waals surface area contributed by atoms with Crippen LogP contribution < -0.4 is 20.5 Å². The molecule has 3 N–H and O–H groups in total. The van der Waals surface area contributed by atoms with Gasteiger partial charge in [0, 0.05) is 18.6 Å². The molecular formula is C14H18N2O3. The number of hydrogen-bond acceptors (Lipinski definition) is 4. The molecule has 0 aromatic heterocycles. The highest BCUT2D eigenvalue weighted by molar-refractivity contribution is 5.94. The molecule has 0 atom stereocenters. The number of anilines is 2. The fourth-order valence-corrected chi connectivity index (χ4v) is 2.37. The molecule has 0 unspecified atom stereocenters. The summed E-state index contributed by atoms with van der Waals surface area (Å²) in [4.78, 5) is 11.9. The van der Waals surface area contributed by atoms with Crippen molar-refractivity contribution in [2.24, 2.45) is 5.92 Å². The van der Waals surface area contributed by atoms with Gasteiger partial charge in [0.25, 0.3) is 0 Å². The number of carbonyl (C=O) groups excluding carboxylic acids is 1. The van der Waals surface area contributed by atoms with Gasteiger partial charge in [-0.3, -0.25) is 4.79 Å². The van der Waals surface area contributed by atoms with Crippen LogP contribution in [0.4, 0.5) is 11.4 Å². The van der Waals surface area contributed by atoms with E-state index < -0.39 is 0 Å². The molecular weight excluding hydrogens is 244 g/mol. The number of amides is 1. The van der Waals surface area contributed by atoms with E-state index in [2.05, 4.69) is 5.32 Å². The van der Waals surface area contributed by atoms with Crippen molar-refractivity contribution in [3.8, 4) is 11.5 Å². The van der Waals surface area contributed by atoms with Gasteiger partial charge in [-0.15, -0.1) is 0 Å². The average Bonchev–Trinajstić information content (AvgIpc) is 2.35. The van der Waals surface area contributed by atoms with Crippen LogP contribution in [0.15, 0.2) is 12.1 Å². The number of benzene rings is 1. The molecule has 0 saturated heterocycles. The number of nitrogens with one attached hydrogen (secondary N) is 1. The fraction of sp³-hybridized carbons (Fsp3) is 0.500. The summed E-state index contributed by atoms with van der Waals surface area (Å²) in [6.07, 6.45) is 4.13. The molecule has 1 aliphatic heterocycles. The summed E-state index contributed by atoms with van der Waals surface area (Å²) in [7, 11) is 0. The van der Waals surface area contributed by atoms with E-state index in [4.69, 9.17) is 15.2 Å². The molecule has 3 rings (SSSR count). The predicted molar refractivity (Wildman–Crippen MR) is 72.4 cm³/mol. The summed E-state index contributed by atoms with van der Waals surface area (Å²) in [6, 6.07) is 3.44. The standard InChI is InChI=1S/C14H18N2O3/c15-10-7-12-13(19-5-4-18-12)8-11(10)16-14(17)6-9-2-1-3-9/h7-9H,1-6,15H2,(H,16,17). The minimum absolute atomic E-state index is 0.0214. The zero-order chi connectivity index (χ0) is 13.2. The molecule has 5 heteroatoms. The van der Waals surface area contributed by atoms with Crippen LogP contribution in [-0.2, 0) is 4.79 Å². The molecule has 1 fully saturated rings. The van der Waals surface area contributed by atoms with E-state index in [0.29, 0.717) is 48.4 Å². The number of ether oxygens (including phenoxy) is 2. The maximum Gasteiger partial charge on any atom is 0.224 e. The first-order valence-electron chi connectivity index (χ1n) is 6.71. The SMILES string of the molecule is Nc1cc2c(cc1NC(=O)CC1CCC1)OCCO2. The lowest BCUT2D eigenvalue weighted by molar-refractivity contribution is -0.117. The molecule has 1 saturated carbocycles. The van der Waals surface area contributed by atoms with Gasteiger partial charge in [0.05, 0.1) is 11.4 Å². The van der Waals surface area contributed by atoms with Crippen LogP contribution in [0.5, 0.6) is 11.5 Å². The van der Waals surface area contributed by atoms with Crippen LogP contribution in [0.3, 0.4) is 0 Å². The second-order valence-electron chi connectivity index (χ2n) is 5.13. The van der Waals surface area contributed by atoms with E-state index >= 15 is 0 Å². The van der Waals surface area contributed by atoms with Crippen molar-refractivity contribution in [2.75, 3.05) is 24.3 Å². The van der Waals surface area contributed by atoms with Crippen molar-refractivity contribution in [1.29, 1.82) is 0 Å². The normalized spacial score (nSPS) is 17.7. The van der Waals surface area contributed by atoms with Crippen molar-refractivity contribution in [3.05, 3.63) is 12.1 Å². The monoisotopic (exact) mass is 262 g/mol. The highest BCUT2D eigenvalue weighted by atomic mass is 16.6. The van der Waals surface area contributed by atoms with Crippen LogP contribution in [0.1, 0.15) is 25.7 Å². The van der Waals surface area contributed by atoms with Crippen LogP contribution in [0, 0.1) is 5.92 Å². The van der Waals surface area contributed by atoms with E-state index in [1.54, 1.807) is 12.1 Å². The number of rotatable bonds is 3. The zero-order valence-electron chi connectivity index (χ0n) is 10.8. The molecule has 0 spiro atoms. The van der Waals surface area contributed by atoms with Gasteiger partial charge < -0.3 is 20.5 Å². The molecule has 1 aromatic carbocycles. The Morgan fingerprint density at radius 1 is 1.26 bits per heavy atom. The quantitative estimate of drug-likeness (QED) is 0.819. The summed E-state index contributed by atoms with van der Waals surface area (Å²) in [5.74, 6) is 1.84. The molecule has 102 valence electrons. The van der Waals surface area contributed by atoms with Crippen molar-refractivity contribution < 1.29 is 14.3 Å². The molecule has 1 aliphatic carbocycles. The lowest BCUT2D eigenvalue weighted by Gasteiger charge is -2.25. The maximum absolute atomic E-state index is 11.9. The first kappa shape index (κ1) is 12.1. The lowest BCUT2D eigenvalue weighted by Crippen LogP contribution is -2.22. The first-order chi connectivity index (χ1) is 9.22. The van der Waals surface area contributed by atoms with Gasteiger partial charge in [0.1, 0.15) is 13.2 Å². The number of nitrogen functional groups attached to an aromatic ring is 1. The Kier molecular flexibility index (Phi) is 3.19. The first-order valence-corrected chi connectivity index (χ1v) is 6.71. The maximum atomic E-state index is 11.9. The van der Waals surface area contributed by atoms with Gasteiger partial charge >= 0.3 is 0 Å². The summed E-state index contributed by atoms with van der Waals surface area (Å²) in [5.41, 5.74) is 7.03. The van der Waals surface area contributed by atoms with Gasteiger partial charge in [-0.2, -0.15) is 0 Å². The molecule has 1 aromatic rings. The largest absolute Gasteiger partial charge is 0.486 e. The topological polar surface area (TPSA) is 73.6 Å². The van der Waals surface area contributed by atoms with Gasteiger partial charge in [0.15, 0.2) is 11.5 Å². The van der Waals surface area contributed by atoms with E-state index in [9.17, 15) is 4.79 Å². The Balaban J connectivity index is 1.71. The Hall–Kier alpha value is -1.91. The van der Waals surface area contributed by atoms with E-state index in [-0.39, 0.29) is 5.91 Å². The third kappa shape index (κ3) is 2.59. The third-order valence-electron chi connectivity index (χ3n) is 3.69. The zero-order valence-corrected chi connectivity index (χ0v) is 10.8. The highest BCUT2D eigenvalue weighted by Gasteiger charge is 2.21. The van der Waals surface area contributed by atoms with Crippen molar-refractivity contribution in [1.82, 2.24) is 0 Å². The summed E-state index contributed by atoms with van der Waals surface area (Å²) in [6.45, 7) is 1.05. The average molecular weight is 262 g/mol. The Morgan fingerprint density at radius 2 is 1.95 bits per heavy atom. The van der Waals surface area contributed by atoms with Gasteiger partial charge in [-0.25, -0.2) is 0 Å². The van der Waals surface area contributed by atoms with E-state index in [0.717, 1.165) is 12.8 Å². The number of fused-ring (bicyclic) bond motifs is 1. The number of nitrogens with two attached hydrogens (primary N) is 1.